The summed E-state index contributed by atoms with van der Waals surface area (Å²) >= 11 is 0. The molecule has 1 amide bonds. The van der Waals surface area contributed by atoms with Crippen LogP contribution in [0, 0.1) is 6.92 Å². The fourth-order valence-corrected chi connectivity index (χ4v) is 1.90. The molecule has 2 aromatic rings. The van der Waals surface area contributed by atoms with E-state index in [-0.39, 0.29) is 5.91 Å². The van der Waals surface area contributed by atoms with Gasteiger partial charge in [-0.15, -0.1) is 0 Å². The minimum atomic E-state index is -0.618. The predicted molar refractivity (Wildman–Crippen MR) is 93.4 cm³/mol. The summed E-state index contributed by atoms with van der Waals surface area (Å²) < 4.78 is 5.58. The maximum absolute atomic E-state index is 11.9. The van der Waals surface area contributed by atoms with Crippen LogP contribution in [-0.2, 0) is 4.79 Å². The van der Waals surface area contributed by atoms with Gasteiger partial charge in [-0.3, -0.25) is 4.79 Å². The van der Waals surface area contributed by atoms with Crippen LogP contribution in [0.15, 0.2) is 65.8 Å². The maximum atomic E-state index is 11.9. The average Bonchev–Trinajstić information content (AvgIpc) is 2.55. The van der Waals surface area contributed by atoms with Crippen LogP contribution in [0.25, 0.3) is 6.08 Å². The van der Waals surface area contributed by atoms with E-state index in [1.165, 1.54) is 6.21 Å². The zero-order valence-electron chi connectivity index (χ0n) is 13.3. The first-order chi connectivity index (χ1) is 11.1. The number of hydrazone groups is 1. The van der Waals surface area contributed by atoms with Crippen LogP contribution in [0.4, 0.5) is 0 Å². The Hall–Kier alpha value is -2.88. The van der Waals surface area contributed by atoms with Gasteiger partial charge in [0.05, 0.1) is 0 Å². The minimum Gasteiger partial charge on any atom is -0.481 e. The highest BCUT2D eigenvalue weighted by Crippen LogP contribution is 2.14. The van der Waals surface area contributed by atoms with Gasteiger partial charge in [0.15, 0.2) is 6.10 Å². The Morgan fingerprint density at radius 1 is 1.17 bits per heavy atom. The average molecular weight is 308 g/mol. The molecule has 118 valence electrons. The quantitative estimate of drug-likeness (QED) is 0.655. The van der Waals surface area contributed by atoms with E-state index in [0.717, 1.165) is 11.1 Å². The highest BCUT2D eigenvalue weighted by molar-refractivity contribution is 5.83. The van der Waals surface area contributed by atoms with Crippen molar-refractivity contribution in [2.24, 2.45) is 5.10 Å². The third kappa shape index (κ3) is 5.79. The summed E-state index contributed by atoms with van der Waals surface area (Å²) in [6.45, 7) is 3.66. The third-order valence-electron chi connectivity index (χ3n) is 3.10. The number of rotatable bonds is 6. The van der Waals surface area contributed by atoms with Gasteiger partial charge in [-0.25, -0.2) is 5.43 Å². The topological polar surface area (TPSA) is 50.7 Å². The Labute approximate surface area is 136 Å². The van der Waals surface area contributed by atoms with Gasteiger partial charge >= 0.3 is 0 Å². The molecular weight excluding hydrogens is 288 g/mol. The zero-order chi connectivity index (χ0) is 16.5. The summed E-state index contributed by atoms with van der Waals surface area (Å²) in [4.78, 5) is 11.9. The number of carbonyl (C=O) groups is 1. The molecule has 0 spiro atoms. The van der Waals surface area contributed by atoms with Crippen molar-refractivity contribution < 1.29 is 9.53 Å². The van der Waals surface area contributed by atoms with E-state index in [9.17, 15) is 4.79 Å². The van der Waals surface area contributed by atoms with Gasteiger partial charge in [-0.1, -0.05) is 48.5 Å². The van der Waals surface area contributed by atoms with E-state index in [1.54, 1.807) is 13.0 Å². The summed E-state index contributed by atoms with van der Waals surface area (Å²) in [5, 5.41) is 3.88. The van der Waals surface area contributed by atoms with Crippen LogP contribution in [-0.4, -0.2) is 18.2 Å². The van der Waals surface area contributed by atoms with Gasteiger partial charge in [0.1, 0.15) is 5.75 Å². The first-order valence-electron chi connectivity index (χ1n) is 7.43. The number of allylic oxidation sites excluding steroid dienone is 1. The molecule has 0 heterocycles. The van der Waals surface area contributed by atoms with Gasteiger partial charge in [0, 0.05) is 6.21 Å². The molecule has 1 N–H and O–H groups in total. The summed E-state index contributed by atoms with van der Waals surface area (Å²) in [5.74, 6) is 0.372. The second kappa shape index (κ2) is 8.54. The Balaban J connectivity index is 1.79. The lowest BCUT2D eigenvalue weighted by Gasteiger charge is -2.13. The van der Waals surface area contributed by atoms with Crippen molar-refractivity contribution in [3.8, 4) is 5.75 Å². The van der Waals surface area contributed by atoms with Crippen molar-refractivity contribution in [1.29, 1.82) is 0 Å². The van der Waals surface area contributed by atoms with Gasteiger partial charge in [-0.05, 0) is 43.2 Å². The van der Waals surface area contributed by atoms with E-state index in [0.29, 0.717) is 5.75 Å². The van der Waals surface area contributed by atoms with Gasteiger partial charge in [-0.2, -0.15) is 5.10 Å². The molecule has 0 saturated carbocycles. The van der Waals surface area contributed by atoms with E-state index < -0.39 is 6.10 Å². The second-order valence-electron chi connectivity index (χ2n) is 5.10. The first-order valence-corrected chi connectivity index (χ1v) is 7.43. The number of hydrogen-bond acceptors (Lipinski definition) is 3. The molecule has 0 fully saturated rings. The number of hydrogen-bond donors (Lipinski definition) is 1. The van der Waals surface area contributed by atoms with Crippen LogP contribution in [0.1, 0.15) is 18.1 Å². The number of benzene rings is 2. The highest BCUT2D eigenvalue weighted by atomic mass is 16.5. The van der Waals surface area contributed by atoms with Gasteiger partial charge < -0.3 is 4.74 Å². The second-order valence-corrected chi connectivity index (χ2v) is 5.10. The Kier molecular flexibility index (Phi) is 6.12. The van der Waals surface area contributed by atoms with E-state index in [4.69, 9.17) is 4.74 Å². The molecule has 23 heavy (non-hydrogen) atoms. The lowest BCUT2D eigenvalue weighted by molar-refractivity contribution is -0.127. The Morgan fingerprint density at radius 2 is 1.96 bits per heavy atom. The zero-order valence-corrected chi connectivity index (χ0v) is 13.3. The van der Waals surface area contributed by atoms with Crippen molar-refractivity contribution in [2.75, 3.05) is 0 Å². The summed E-state index contributed by atoms with van der Waals surface area (Å²) in [6.07, 6.45) is 4.58. The summed E-state index contributed by atoms with van der Waals surface area (Å²) in [7, 11) is 0. The number of nitrogens with one attached hydrogen (secondary N) is 1. The van der Waals surface area contributed by atoms with Crippen molar-refractivity contribution in [2.45, 2.75) is 20.0 Å². The fraction of sp³-hybridized carbons (Fsp3) is 0.158. The van der Waals surface area contributed by atoms with Crippen LogP contribution in [0.5, 0.6) is 5.75 Å². The van der Waals surface area contributed by atoms with Gasteiger partial charge in [0.2, 0.25) is 0 Å². The summed E-state index contributed by atoms with van der Waals surface area (Å²) in [5.41, 5.74) is 4.61. The van der Waals surface area contributed by atoms with Crippen molar-refractivity contribution >= 4 is 18.2 Å². The van der Waals surface area contributed by atoms with Crippen LogP contribution < -0.4 is 10.2 Å². The molecule has 0 unspecified atom stereocenters. The normalized spacial score (nSPS) is 12.4. The number of aryl methyl sites for hydroxylation is 1. The molecule has 4 nitrogen and oxygen atoms in total. The lowest BCUT2D eigenvalue weighted by Crippen LogP contribution is -2.33. The molecule has 1 atom stereocenters. The van der Waals surface area contributed by atoms with Gasteiger partial charge in [0.25, 0.3) is 5.91 Å². The van der Waals surface area contributed by atoms with E-state index in [1.807, 2.05) is 67.6 Å². The predicted octanol–water partition coefficient (Wildman–Crippen LogP) is 3.58. The fourth-order valence-electron chi connectivity index (χ4n) is 1.90. The van der Waals surface area contributed by atoms with Crippen molar-refractivity contribution in [1.82, 2.24) is 5.43 Å². The van der Waals surface area contributed by atoms with E-state index in [2.05, 4.69) is 10.5 Å². The van der Waals surface area contributed by atoms with Crippen LogP contribution in [0.2, 0.25) is 0 Å². The molecule has 0 aliphatic carbocycles. The number of amides is 1. The standard InChI is InChI=1S/C19H20N2O2/c1-15-8-6-12-18(14-15)23-16(2)19(22)21-20-13-7-11-17-9-4-3-5-10-17/h3-14,16H,1-2H3,(H,21,22)/b11-7+,20-13+/t16-/m1/s1. The molecule has 4 heteroatoms. The SMILES string of the molecule is Cc1cccc(O[C@H](C)C(=O)N/N=C/C=C/c2ccccc2)c1. The first kappa shape index (κ1) is 16.5. The lowest BCUT2D eigenvalue weighted by atomic mass is 10.2. The number of carbonyl (C=O) groups excluding carboxylic acids is 1. The molecule has 0 radical (unpaired) electrons. The number of nitrogens with zero attached hydrogens (tertiary/aromatic N) is 1. The molecule has 0 aliphatic rings. The highest BCUT2D eigenvalue weighted by Gasteiger charge is 2.13. The van der Waals surface area contributed by atoms with Crippen molar-refractivity contribution in [3.05, 3.63) is 71.8 Å². The molecular formula is C19H20N2O2. The molecule has 2 rings (SSSR count). The molecule has 2 aromatic carbocycles. The summed E-state index contributed by atoms with van der Waals surface area (Å²) in [6, 6.07) is 17.4. The Morgan fingerprint density at radius 3 is 2.70 bits per heavy atom. The third-order valence-corrected chi connectivity index (χ3v) is 3.10. The molecule has 0 saturated heterocycles. The van der Waals surface area contributed by atoms with E-state index >= 15 is 0 Å². The molecule has 0 aliphatic heterocycles. The minimum absolute atomic E-state index is 0.295. The maximum Gasteiger partial charge on any atom is 0.280 e. The molecule has 0 aromatic heterocycles. The van der Waals surface area contributed by atoms with Crippen LogP contribution in [0.3, 0.4) is 0 Å². The largest absolute Gasteiger partial charge is 0.481 e. The number of ether oxygens (including phenoxy) is 1. The monoisotopic (exact) mass is 308 g/mol. The Bertz CT molecular complexity index is 694. The molecule has 0 bridgehead atoms. The van der Waals surface area contributed by atoms with Crippen LogP contribution >= 0.6 is 0 Å². The van der Waals surface area contributed by atoms with Crippen molar-refractivity contribution in [3.63, 3.8) is 0 Å². The smallest absolute Gasteiger partial charge is 0.280 e.